The first-order valence-corrected chi connectivity index (χ1v) is 10.3. The van der Waals surface area contributed by atoms with E-state index in [1.165, 1.54) is 23.6 Å². The van der Waals surface area contributed by atoms with Crippen molar-refractivity contribution < 1.29 is 29.0 Å². The maximum Gasteiger partial charge on any atom is 0.352 e. The van der Waals surface area contributed by atoms with Crippen LogP contribution < -0.4 is 5.32 Å². The van der Waals surface area contributed by atoms with Crippen molar-refractivity contribution in [2.24, 2.45) is 0 Å². The van der Waals surface area contributed by atoms with Gasteiger partial charge in [0.05, 0.1) is 5.92 Å². The van der Waals surface area contributed by atoms with Gasteiger partial charge in [-0.2, -0.15) is 0 Å². The van der Waals surface area contributed by atoms with E-state index in [1.54, 1.807) is 0 Å². The van der Waals surface area contributed by atoms with E-state index in [0.717, 1.165) is 5.56 Å². The number of benzene rings is 1. The molecule has 154 valence electrons. The number of carbonyl (C=O) groups is 4. The molecule has 9 heteroatoms. The van der Waals surface area contributed by atoms with E-state index in [9.17, 15) is 24.3 Å². The monoisotopic (exact) mass is 418 g/mol. The van der Waals surface area contributed by atoms with E-state index >= 15 is 0 Å². The van der Waals surface area contributed by atoms with Gasteiger partial charge >= 0.3 is 11.9 Å². The highest BCUT2D eigenvalue weighted by Gasteiger charge is 2.54. The molecule has 1 saturated heterocycles. The molecule has 1 aromatic carbocycles. The Labute approximate surface area is 172 Å². The Hall–Kier alpha value is -2.81. The van der Waals surface area contributed by atoms with E-state index in [0.29, 0.717) is 17.7 Å². The molecule has 29 heavy (non-hydrogen) atoms. The average Bonchev–Trinajstić information content (AvgIpc) is 2.70. The summed E-state index contributed by atoms with van der Waals surface area (Å²) < 4.78 is 4.91. The number of carbonyl (C=O) groups excluding carboxylic acids is 3. The molecule has 0 aromatic heterocycles. The summed E-state index contributed by atoms with van der Waals surface area (Å²) in [7, 11) is 0. The van der Waals surface area contributed by atoms with Gasteiger partial charge in [0.25, 0.3) is 5.91 Å². The van der Waals surface area contributed by atoms with Crippen molar-refractivity contribution in [3.05, 3.63) is 47.2 Å². The first kappa shape index (κ1) is 20.9. The number of ether oxygens (including phenoxy) is 1. The highest BCUT2D eigenvalue weighted by molar-refractivity contribution is 8.00. The Bertz CT molecular complexity index is 869. The molecular weight excluding hydrogens is 396 g/mol. The Morgan fingerprint density at radius 1 is 1.31 bits per heavy atom. The molecule has 0 unspecified atom stereocenters. The molecule has 1 aromatic rings. The minimum atomic E-state index is -1.26. The molecular formula is C20H22N2O6S. The topological polar surface area (TPSA) is 113 Å². The number of β-lactam (4-membered cyclic amide) rings is 1. The van der Waals surface area contributed by atoms with Crippen molar-refractivity contribution in [1.29, 1.82) is 0 Å². The van der Waals surface area contributed by atoms with Gasteiger partial charge in [-0.3, -0.25) is 19.3 Å². The standard InChI is InChI=1S/C20H22N2O6S/c1-3-14(12-7-5-4-6-8-12)17(24)21-15-18(25)22-16(20(26)27)13(9-28-11(2)23)10-29-19(15)22/h4-8,14-15,19H,3,9-10H2,1-2H3,(H,21,24)(H,26,27)/t14-,15+,19-/m1/s1. The van der Waals surface area contributed by atoms with Gasteiger partial charge in [0.15, 0.2) is 0 Å². The fourth-order valence-corrected chi connectivity index (χ4v) is 4.82. The zero-order chi connectivity index (χ0) is 21.1. The van der Waals surface area contributed by atoms with Crippen LogP contribution in [0.5, 0.6) is 0 Å². The number of fused-ring (bicyclic) bond motifs is 1. The van der Waals surface area contributed by atoms with Crippen LogP contribution in [0.2, 0.25) is 0 Å². The van der Waals surface area contributed by atoms with Gasteiger partial charge in [0.2, 0.25) is 5.91 Å². The number of esters is 1. The van der Waals surface area contributed by atoms with E-state index in [2.05, 4.69) is 5.32 Å². The molecule has 0 aliphatic carbocycles. The van der Waals surface area contributed by atoms with E-state index < -0.39 is 29.3 Å². The molecule has 2 aliphatic rings. The van der Waals surface area contributed by atoms with Crippen molar-refractivity contribution >= 4 is 35.5 Å². The highest BCUT2D eigenvalue weighted by atomic mass is 32.2. The number of hydrogen-bond acceptors (Lipinski definition) is 6. The van der Waals surface area contributed by atoms with Gasteiger partial charge in [-0.1, -0.05) is 37.3 Å². The van der Waals surface area contributed by atoms with Crippen LogP contribution in [0.15, 0.2) is 41.6 Å². The Kier molecular flexibility index (Phi) is 6.26. The lowest BCUT2D eigenvalue weighted by Gasteiger charge is -2.49. The van der Waals surface area contributed by atoms with E-state index in [-0.39, 0.29) is 24.1 Å². The second kappa shape index (κ2) is 8.69. The van der Waals surface area contributed by atoms with Crippen molar-refractivity contribution in [3.63, 3.8) is 0 Å². The summed E-state index contributed by atoms with van der Waals surface area (Å²) in [5, 5.41) is 11.9. The van der Waals surface area contributed by atoms with Crippen molar-refractivity contribution in [3.8, 4) is 0 Å². The number of aliphatic carboxylic acids is 1. The van der Waals surface area contributed by atoms with Crippen molar-refractivity contribution in [2.75, 3.05) is 12.4 Å². The van der Waals surface area contributed by atoms with Crippen LogP contribution >= 0.6 is 11.8 Å². The first-order valence-electron chi connectivity index (χ1n) is 9.23. The SMILES string of the molecule is CC[C@@H](C(=O)N[C@H]1C(=O)N2C(C(=O)O)=C(COC(C)=O)CS[C@H]12)c1ccccc1. The van der Waals surface area contributed by atoms with Crippen LogP contribution in [-0.2, 0) is 23.9 Å². The minimum absolute atomic E-state index is 0.166. The minimum Gasteiger partial charge on any atom is -0.477 e. The van der Waals surface area contributed by atoms with Gasteiger partial charge in [-0.25, -0.2) is 4.79 Å². The molecule has 2 amide bonds. The predicted molar refractivity (Wildman–Crippen MR) is 106 cm³/mol. The third-order valence-corrected chi connectivity index (χ3v) is 6.26. The molecule has 3 rings (SSSR count). The van der Waals surface area contributed by atoms with Crippen LogP contribution in [0.3, 0.4) is 0 Å². The maximum absolute atomic E-state index is 12.8. The van der Waals surface area contributed by atoms with Crippen molar-refractivity contribution in [2.45, 2.75) is 37.6 Å². The Morgan fingerprint density at radius 2 is 2.00 bits per heavy atom. The number of amides is 2. The molecule has 8 nitrogen and oxygen atoms in total. The quantitative estimate of drug-likeness (QED) is 0.509. The number of carboxylic acids is 1. The van der Waals surface area contributed by atoms with Crippen LogP contribution in [0.4, 0.5) is 0 Å². The molecule has 2 N–H and O–H groups in total. The molecule has 0 saturated carbocycles. The van der Waals surface area contributed by atoms with Crippen LogP contribution in [-0.4, -0.2) is 57.5 Å². The molecule has 1 fully saturated rings. The summed E-state index contributed by atoms with van der Waals surface area (Å²) in [5.74, 6) is -2.61. The number of hydrogen-bond donors (Lipinski definition) is 2. The third-order valence-electron chi connectivity index (χ3n) is 4.92. The summed E-state index contributed by atoms with van der Waals surface area (Å²) in [6, 6.07) is 8.53. The van der Waals surface area contributed by atoms with E-state index in [4.69, 9.17) is 4.74 Å². The zero-order valence-corrected chi connectivity index (χ0v) is 16.9. The summed E-state index contributed by atoms with van der Waals surface area (Å²) in [6.45, 7) is 2.95. The molecule has 2 heterocycles. The van der Waals surface area contributed by atoms with Gasteiger partial charge in [-0.15, -0.1) is 11.8 Å². The maximum atomic E-state index is 12.8. The second-order valence-electron chi connectivity index (χ2n) is 6.81. The van der Waals surface area contributed by atoms with Crippen molar-refractivity contribution in [1.82, 2.24) is 10.2 Å². The normalized spacial score (nSPS) is 21.7. The lowest BCUT2D eigenvalue weighted by atomic mass is 9.94. The Morgan fingerprint density at radius 3 is 2.59 bits per heavy atom. The largest absolute Gasteiger partial charge is 0.477 e. The average molecular weight is 418 g/mol. The summed E-state index contributed by atoms with van der Waals surface area (Å²) in [5.41, 5.74) is 1.06. The number of thioether (sulfide) groups is 1. The number of nitrogens with zero attached hydrogens (tertiary/aromatic N) is 1. The second-order valence-corrected chi connectivity index (χ2v) is 7.91. The number of rotatable bonds is 7. The van der Waals surface area contributed by atoms with Gasteiger partial charge in [0, 0.05) is 18.2 Å². The molecule has 0 spiro atoms. The van der Waals surface area contributed by atoms with E-state index in [1.807, 2.05) is 37.3 Å². The molecule has 0 radical (unpaired) electrons. The molecule has 0 bridgehead atoms. The predicted octanol–water partition coefficient (Wildman–Crippen LogP) is 1.48. The summed E-state index contributed by atoms with van der Waals surface area (Å²) in [6.07, 6.45) is 0.574. The van der Waals surface area contributed by atoms with Crippen LogP contribution in [0.1, 0.15) is 31.7 Å². The third kappa shape index (κ3) is 4.14. The number of nitrogens with one attached hydrogen (secondary N) is 1. The molecule has 2 aliphatic heterocycles. The Balaban J connectivity index is 1.74. The zero-order valence-electron chi connectivity index (χ0n) is 16.1. The molecule has 3 atom stereocenters. The van der Waals surface area contributed by atoms with Gasteiger partial charge in [-0.05, 0) is 12.0 Å². The van der Waals surface area contributed by atoms with Crippen LogP contribution in [0.25, 0.3) is 0 Å². The smallest absolute Gasteiger partial charge is 0.352 e. The van der Waals surface area contributed by atoms with Gasteiger partial charge in [0.1, 0.15) is 23.7 Å². The summed E-state index contributed by atoms with van der Waals surface area (Å²) in [4.78, 5) is 49.4. The summed E-state index contributed by atoms with van der Waals surface area (Å²) >= 11 is 1.34. The number of carboxylic acid groups (broad SMARTS) is 1. The lowest BCUT2D eigenvalue weighted by Crippen LogP contribution is -2.71. The fraction of sp³-hybridized carbons (Fsp3) is 0.400. The first-order chi connectivity index (χ1) is 13.8. The highest BCUT2D eigenvalue weighted by Crippen LogP contribution is 2.40. The lowest BCUT2D eigenvalue weighted by molar-refractivity contribution is -0.151. The van der Waals surface area contributed by atoms with Gasteiger partial charge < -0.3 is 15.2 Å². The fourth-order valence-electron chi connectivity index (χ4n) is 3.49. The van der Waals surface area contributed by atoms with Crippen LogP contribution in [0, 0.1) is 0 Å².